The molecule has 1 saturated heterocycles. The van der Waals surface area contributed by atoms with E-state index in [9.17, 15) is 19.6 Å². The van der Waals surface area contributed by atoms with Crippen molar-refractivity contribution < 1.29 is 28.4 Å². The van der Waals surface area contributed by atoms with E-state index in [1.807, 2.05) is 4.57 Å². The first-order valence-corrected chi connectivity index (χ1v) is 9.69. The van der Waals surface area contributed by atoms with Gasteiger partial charge in [-0.2, -0.15) is 0 Å². The minimum Gasteiger partial charge on any atom is -0.382 e. The number of aromatic nitrogens is 1. The molecule has 1 fully saturated rings. The van der Waals surface area contributed by atoms with Crippen molar-refractivity contribution in [2.24, 2.45) is 0 Å². The van der Waals surface area contributed by atoms with Gasteiger partial charge in [-0.1, -0.05) is 0 Å². The number of hydrogen-bond donors (Lipinski definition) is 1. The van der Waals surface area contributed by atoms with Crippen LogP contribution in [0, 0.1) is 10.1 Å². The number of benzene rings is 1. The summed E-state index contributed by atoms with van der Waals surface area (Å²) in [5.41, 5.74) is 0.791. The van der Waals surface area contributed by atoms with Gasteiger partial charge in [-0.3, -0.25) is 14.7 Å². The number of nitro groups is 1. The molecular formula is C15H19N2O7P. The molecule has 2 heterocycles. The average molecular weight is 370 g/mol. The molecule has 10 heteroatoms. The van der Waals surface area contributed by atoms with E-state index in [1.54, 1.807) is 18.3 Å². The molecule has 4 atom stereocenters. The number of ether oxygens (including phenoxy) is 2. The molecule has 0 radical (unpaired) electrons. The highest BCUT2D eigenvalue weighted by molar-refractivity contribution is 7.51. The second-order valence-electron chi connectivity index (χ2n) is 5.99. The van der Waals surface area contributed by atoms with Crippen LogP contribution in [-0.4, -0.2) is 47.0 Å². The number of methoxy groups -OCH3 is 1. The highest BCUT2D eigenvalue weighted by atomic mass is 31.2. The van der Waals surface area contributed by atoms with Crippen molar-refractivity contribution in [3.8, 4) is 0 Å². The van der Waals surface area contributed by atoms with E-state index >= 15 is 0 Å². The highest BCUT2D eigenvalue weighted by Gasteiger charge is 2.40. The number of nitrogens with zero attached hydrogens (tertiary/aromatic N) is 2. The van der Waals surface area contributed by atoms with E-state index in [1.165, 1.54) is 19.2 Å². The Hall–Kier alpha value is -1.77. The number of nitro benzene ring substituents is 1. The van der Waals surface area contributed by atoms with Gasteiger partial charge >= 0.3 is 7.60 Å². The van der Waals surface area contributed by atoms with Crippen molar-refractivity contribution in [3.05, 3.63) is 40.6 Å². The lowest BCUT2D eigenvalue weighted by atomic mass is 10.2. The minimum atomic E-state index is -3.66. The summed E-state index contributed by atoms with van der Waals surface area (Å²) in [6.45, 7) is 1.36. The van der Waals surface area contributed by atoms with Gasteiger partial charge in [-0.05, 0) is 12.1 Å². The van der Waals surface area contributed by atoms with E-state index < -0.39 is 31.0 Å². The Morgan fingerprint density at radius 1 is 1.48 bits per heavy atom. The van der Waals surface area contributed by atoms with Crippen LogP contribution in [0.5, 0.6) is 0 Å². The van der Waals surface area contributed by atoms with Crippen molar-refractivity contribution in [2.75, 3.05) is 20.4 Å². The smallest absolute Gasteiger partial charge is 0.325 e. The second kappa shape index (κ2) is 6.86. The van der Waals surface area contributed by atoms with Gasteiger partial charge < -0.3 is 23.5 Å². The van der Waals surface area contributed by atoms with Gasteiger partial charge in [-0.25, -0.2) is 0 Å². The third-order valence-electron chi connectivity index (χ3n) is 4.07. The monoisotopic (exact) mass is 370 g/mol. The maximum atomic E-state index is 11.6. The summed E-state index contributed by atoms with van der Waals surface area (Å²) in [6.07, 6.45) is 0.658. The average Bonchev–Trinajstić information content (AvgIpc) is 3.09. The largest absolute Gasteiger partial charge is 0.382 e. The predicted octanol–water partition coefficient (Wildman–Crippen LogP) is 2.68. The van der Waals surface area contributed by atoms with E-state index in [2.05, 4.69) is 0 Å². The summed E-state index contributed by atoms with van der Waals surface area (Å²) in [4.78, 5) is 20.0. The lowest BCUT2D eigenvalue weighted by molar-refractivity contribution is -0.384. The van der Waals surface area contributed by atoms with Crippen LogP contribution in [0.3, 0.4) is 0 Å². The highest BCUT2D eigenvalue weighted by Crippen LogP contribution is 2.44. The third-order valence-corrected chi connectivity index (χ3v) is 4.73. The molecule has 25 heavy (non-hydrogen) atoms. The molecule has 9 nitrogen and oxygen atoms in total. The Balaban J connectivity index is 1.87. The van der Waals surface area contributed by atoms with E-state index in [4.69, 9.17) is 14.0 Å². The van der Waals surface area contributed by atoms with Crippen LogP contribution in [-0.2, 0) is 18.6 Å². The van der Waals surface area contributed by atoms with Crippen molar-refractivity contribution >= 4 is 24.2 Å². The van der Waals surface area contributed by atoms with Crippen LogP contribution in [0.25, 0.3) is 10.9 Å². The molecule has 0 bridgehead atoms. The standard InChI is InChI=1S/C15H19N2O7P/c1-22-9-14-13(24-25(2,20)21)8-15(23-14)16-6-5-10-7-11(17(18)19)3-4-12(10)16/h3-7,13-15H,8-9H2,1-2H3,(H,20,21)/t13?,14-,15-/m1/s1. The quantitative estimate of drug-likeness (QED) is 0.472. The maximum absolute atomic E-state index is 11.6. The lowest BCUT2D eigenvalue weighted by Crippen LogP contribution is -2.27. The molecule has 2 unspecified atom stereocenters. The molecule has 1 aliphatic heterocycles. The van der Waals surface area contributed by atoms with Gasteiger partial charge in [0.05, 0.1) is 23.2 Å². The van der Waals surface area contributed by atoms with Crippen molar-refractivity contribution in [1.82, 2.24) is 4.57 Å². The summed E-state index contributed by atoms with van der Waals surface area (Å²) in [5.74, 6) is 0. The van der Waals surface area contributed by atoms with Crippen LogP contribution >= 0.6 is 7.60 Å². The zero-order chi connectivity index (χ0) is 18.2. The summed E-state index contributed by atoms with van der Waals surface area (Å²) in [6, 6.07) is 6.35. The number of rotatable bonds is 6. The molecule has 0 amide bonds. The first-order chi connectivity index (χ1) is 11.8. The van der Waals surface area contributed by atoms with Gasteiger partial charge in [0.2, 0.25) is 0 Å². The molecule has 1 aromatic heterocycles. The van der Waals surface area contributed by atoms with Crippen molar-refractivity contribution in [1.29, 1.82) is 0 Å². The SMILES string of the molecule is COC[C@H]1O[C@@H](n2ccc3cc([N+](=O)[O-])ccc32)CC1OP(C)(=O)O. The van der Waals surface area contributed by atoms with E-state index in [0.717, 1.165) is 12.2 Å². The molecule has 0 saturated carbocycles. The van der Waals surface area contributed by atoms with E-state index in [-0.39, 0.29) is 12.3 Å². The molecule has 0 spiro atoms. The molecule has 1 aliphatic rings. The molecule has 1 aromatic carbocycles. The Morgan fingerprint density at radius 3 is 2.88 bits per heavy atom. The predicted molar refractivity (Wildman–Crippen MR) is 89.6 cm³/mol. The maximum Gasteiger partial charge on any atom is 0.325 e. The second-order valence-corrected chi connectivity index (χ2v) is 7.81. The Labute approximate surface area is 143 Å². The van der Waals surface area contributed by atoms with Gasteiger partial charge in [0, 0.05) is 43.9 Å². The topological polar surface area (TPSA) is 113 Å². The number of fused-ring (bicyclic) bond motifs is 1. The van der Waals surface area contributed by atoms with Gasteiger partial charge in [0.25, 0.3) is 5.69 Å². The lowest BCUT2D eigenvalue weighted by Gasteiger charge is -2.19. The van der Waals surface area contributed by atoms with Crippen molar-refractivity contribution in [2.45, 2.75) is 24.9 Å². The first kappa shape index (κ1) is 18.0. The van der Waals surface area contributed by atoms with Gasteiger partial charge in [-0.15, -0.1) is 0 Å². The van der Waals surface area contributed by atoms with E-state index in [0.29, 0.717) is 11.8 Å². The number of non-ortho nitro benzene ring substituents is 1. The fourth-order valence-electron chi connectivity index (χ4n) is 3.06. The van der Waals surface area contributed by atoms with Crippen LogP contribution < -0.4 is 0 Å². The molecule has 136 valence electrons. The summed E-state index contributed by atoms with van der Waals surface area (Å²) >= 11 is 0. The molecule has 2 aromatic rings. The fourth-order valence-corrected chi connectivity index (χ4v) is 3.79. The Kier molecular flexibility index (Phi) is 4.95. The Bertz CT molecular complexity index is 830. The number of hydrogen-bond acceptors (Lipinski definition) is 6. The van der Waals surface area contributed by atoms with Crippen LogP contribution in [0.4, 0.5) is 5.69 Å². The zero-order valence-electron chi connectivity index (χ0n) is 13.8. The zero-order valence-corrected chi connectivity index (χ0v) is 14.7. The van der Waals surface area contributed by atoms with Gasteiger partial charge in [0.15, 0.2) is 0 Å². The van der Waals surface area contributed by atoms with Crippen LogP contribution in [0.1, 0.15) is 12.6 Å². The minimum absolute atomic E-state index is 0.0169. The molecular weight excluding hydrogens is 351 g/mol. The molecule has 0 aliphatic carbocycles. The van der Waals surface area contributed by atoms with Gasteiger partial charge in [0.1, 0.15) is 12.3 Å². The summed E-state index contributed by atoms with van der Waals surface area (Å²) < 4.78 is 29.7. The summed E-state index contributed by atoms with van der Waals surface area (Å²) in [5, 5.41) is 11.6. The fraction of sp³-hybridized carbons (Fsp3) is 0.467. The van der Waals surface area contributed by atoms with Crippen LogP contribution in [0.2, 0.25) is 0 Å². The first-order valence-electron chi connectivity index (χ1n) is 7.66. The molecule has 1 N–H and O–H groups in total. The normalized spacial score (nSPS) is 26.0. The van der Waals surface area contributed by atoms with Crippen LogP contribution in [0.15, 0.2) is 30.5 Å². The third kappa shape index (κ3) is 3.91. The Morgan fingerprint density at radius 2 is 2.24 bits per heavy atom. The molecule has 3 rings (SSSR count). The van der Waals surface area contributed by atoms with Crippen molar-refractivity contribution in [3.63, 3.8) is 0 Å². The summed E-state index contributed by atoms with van der Waals surface area (Å²) in [7, 11) is -2.15.